The number of rotatable bonds is 1. The van der Waals surface area contributed by atoms with Gasteiger partial charge in [-0.3, -0.25) is 4.98 Å². The summed E-state index contributed by atoms with van der Waals surface area (Å²) in [5.41, 5.74) is 3.43. The molecule has 2 heterocycles. The number of benzene rings is 1. The van der Waals surface area contributed by atoms with E-state index in [2.05, 4.69) is 23.2 Å². The predicted molar refractivity (Wildman–Crippen MR) is 78.9 cm³/mol. The van der Waals surface area contributed by atoms with Crippen molar-refractivity contribution < 1.29 is 4.48 Å². The van der Waals surface area contributed by atoms with Gasteiger partial charge in [0.25, 0.3) is 0 Å². The maximum atomic E-state index is 12.9. The van der Waals surface area contributed by atoms with Gasteiger partial charge in [-0.25, -0.2) is 0 Å². The summed E-state index contributed by atoms with van der Waals surface area (Å²) in [5.74, 6) is 0. The molecule has 1 aliphatic heterocycles. The fraction of sp³-hybridized carbons (Fsp3) is 0.267. The Morgan fingerprint density at radius 2 is 1.89 bits per heavy atom. The lowest BCUT2D eigenvalue weighted by atomic mass is 10.0. The largest absolute Gasteiger partial charge is 0.256 e. The summed E-state index contributed by atoms with van der Waals surface area (Å²) >= 11 is 0. The number of hydrogen-bond donors (Lipinski definition) is 0. The molecule has 0 radical (unpaired) electrons. The third kappa shape index (κ3) is 3.31. The monoisotopic (exact) mass is 278 g/mol. The molecular weight excluding hydrogens is 263 g/mol. The van der Waals surface area contributed by atoms with Crippen LogP contribution >= 0.6 is 12.4 Å². The van der Waals surface area contributed by atoms with Crippen molar-refractivity contribution in [1.29, 1.82) is 0 Å². The summed E-state index contributed by atoms with van der Waals surface area (Å²) in [6, 6.07) is 10.2. The van der Waals surface area contributed by atoms with E-state index in [9.17, 15) is 4.48 Å². The molecule has 0 bridgehead atoms. The van der Waals surface area contributed by atoms with Crippen LogP contribution in [-0.4, -0.2) is 23.2 Å². The van der Waals surface area contributed by atoms with Crippen molar-refractivity contribution in [3.63, 3.8) is 0 Å². The van der Waals surface area contributed by atoms with Crippen LogP contribution < -0.4 is 0 Å². The number of aromatic nitrogens is 1. The molecule has 19 heavy (non-hydrogen) atoms. The Labute approximate surface area is 118 Å². The summed E-state index contributed by atoms with van der Waals surface area (Å²) in [6.45, 7) is 1.01. The van der Waals surface area contributed by atoms with Gasteiger partial charge in [0.15, 0.2) is 0 Å². The lowest BCUT2D eigenvalue weighted by Crippen LogP contribution is -2.22. The lowest BCUT2D eigenvalue weighted by molar-refractivity contribution is 0.0176. The molecular formula is C15H16ClFN2. The van der Waals surface area contributed by atoms with Gasteiger partial charge in [0.05, 0.1) is 5.52 Å². The van der Waals surface area contributed by atoms with Crippen molar-refractivity contribution in [2.24, 2.45) is 0 Å². The quantitative estimate of drug-likeness (QED) is 0.733. The van der Waals surface area contributed by atoms with Crippen LogP contribution in [0.2, 0.25) is 0 Å². The number of pyridine rings is 1. The van der Waals surface area contributed by atoms with Crippen molar-refractivity contribution >= 4 is 29.4 Å². The van der Waals surface area contributed by atoms with Gasteiger partial charge >= 0.3 is 0 Å². The SMILES string of the molecule is Cl.FN1CCC(=Cc2cnc3ccccc3c2)CC1. The van der Waals surface area contributed by atoms with Gasteiger partial charge in [0.2, 0.25) is 0 Å². The molecule has 2 nitrogen and oxygen atoms in total. The Hall–Kier alpha value is -1.45. The van der Waals surface area contributed by atoms with E-state index in [1.165, 1.54) is 5.57 Å². The van der Waals surface area contributed by atoms with Crippen LogP contribution in [0, 0.1) is 0 Å². The Morgan fingerprint density at radius 3 is 2.68 bits per heavy atom. The Kier molecular flexibility index (Phi) is 4.51. The number of nitrogens with zero attached hydrogens (tertiary/aromatic N) is 2. The van der Waals surface area contributed by atoms with Gasteiger partial charge in [-0.15, -0.1) is 22.0 Å². The fourth-order valence-corrected chi connectivity index (χ4v) is 2.31. The molecule has 1 aromatic carbocycles. The van der Waals surface area contributed by atoms with E-state index >= 15 is 0 Å². The average molecular weight is 279 g/mol. The highest BCUT2D eigenvalue weighted by molar-refractivity contribution is 5.85. The minimum Gasteiger partial charge on any atom is -0.256 e. The molecule has 0 amide bonds. The standard InChI is InChI=1S/C15H15FN2.ClH/c16-18-7-5-12(6-8-18)9-13-10-14-3-1-2-4-15(14)17-11-13;/h1-4,9-11H,5-8H2;1H. The number of halogens is 2. The topological polar surface area (TPSA) is 16.1 Å². The van der Waals surface area contributed by atoms with Crippen molar-refractivity contribution in [2.75, 3.05) is 13.1 Å². The van der Waals surface area contributed by atoms with Gasteiger partial charge in [0.1, 0.15) is 0 Å². The highest BCUT2D eigenvalue weighted by Crippen LogP contribution is 2.21. The Balaban J connectivity index is 0.00000133. The molecule has 3 rings (SSSR count). The second kappa shape index (κ2) is 6.13. The first kappa shape index (κ1) is 14.0. The molecule has 1 aromatic heterocycles. The van der Waals surface area contributed by atoms with Gasteiger partial charge in [-0.2, -0.15) is 0 Å². The van der Waals surface area contributed by atoms with Crippen molar-refractivity contribution in [1.82, 2.24) is 10.1 Å². The molecule has 0 N–H and O–H groups in total. The molecule has 100 valence electrons. The zero-order valence-corrected chi connectivity index (χ0v) is 11.4. The normalized spacial score (nSPS) is 16.2. The minimum atomic E-state index is 0. The summed E-state index contributed by atoms with van der Waals surface area (Å²) in [5, 5.41) is 2.03. The van der Waals surface area contributed by atoms with Gasteiger partial charge in [-0.1, -0.05) is 29.8 Å². The minimum absolute atomic E-state index is 0. The number of piperidine rings is 1. The zero-order valence-electron chi connectivity index (χ0n) is 10.6. The lowest BCUT2D eigenvalue weighted by Gasteiger charge is -2.19. The molecule has 1 aliphatic rings. The van der Waals surface area contributed by atoms with Gasteiger partial charge < -0.3 is 0 Å². The van der Waals surface area contributed by atoms with E-state index < -0.39 is 0 Å². The molecule has 0 unspecified atom stereocenters. The van der Waals surface area contributed by atoms with E-state index in [0.29, 0.717) is 13.1 Å². The summed E-state index contributed by atoms with van der Waals surface area (Å²) in [6.07, 6.45) is 5.65. The summed E-state index contributed by atoms with van der Waals surface area (Å²) in [7, 11) is 0. The van der Waals surface area contributed by atoms with Crippen molar-refractivity contribution in [2.45, 2.75) is 12.8 Å². The van der Waals surface area contributed by atoms with E-state index in [1.54, 1.807) is 0 Å². The highest BCUT2D eigenvalue weighted by Gasteiger charge is 2.12. The smallest absolute Gasteiger partial charge is 0.0702 e. The van der Waals surface area contributed by atoms with Crippen LogP contribution in [0.3, 0.4) is 0 Å². The van der Waals surface area contributed by atoms with Crippen molar-refractivity contribution in [3.05, 3.63) is 47.7 Å². The Morgan fingerprint density at radius 1 is 1.16 bits per heavy atom. The third-order valence-corrected chi connectivity index (χ3v) is 3.33. The van der Waals surface area contributed by atoms with Gasteiger partial charge in [0, 0.05) is 24.7 Å². The zero-order chi connectivity index (χ0) is 12.4. The maximum Gasteiger partial charge on any atom is 0.0702 e. The Bertz CT molecular complexity index is 587. The first-order valence-electron chi connectivity index (χ1n) is 6.26. The number of hydrogen-bond acceptors (Lipinski definition) is 2. The average Bonchev–Trinajstić information content (AvgIpc) is 2.41. The molecule has 1 fully saturated rings. The fourth-order valence-electron chi connectivity index (χ4n) is 2.31. The van der Waals surface area contributed by atoms with Crippen LogP contribution in [0.4, 0.5) is 4.48 Å². The molecule has 0 aliphatic carbocycles. The second-order valence-electron chi connectivity index (χ2n) is 4.67. The summed E-state index contributed by atoms with van der Waals surface area (Å²) < 4.78 is 12.9. The van der Waals surface area contributed by atoms with Gasteiger partial charge in [-0.05, 0) is 30.5 Å². The molecule has 0 atom stereocenters. The van der Waals surface area contributed by atoms with Crippen molar-refractivity contribution in [3.8, 4) is 0 Å². The van der Waals surface area contributed by atoms with Crippen LogP contribution in [-0.2, 0) is 0 Å². The molecule has 1 saturated heterocycles. The molecule has 4 heteroatoms. The third-order valence-electron chi connectivity index (χ3n) is 3.33. The maximum absolute atomic E-state index is 12.9. The highest BCUT2D eigenvalue weighted by atomic mass is 35.5. The van der Waals surface area contributed by atoms with Crippen LogP contribution in [0.25, 0.3) is 17.0 Å². The predicted octanol–water partition coefficient (Wildman–Crippen LogP) is 4.02. The molecule has 0 spiro atoms. The van der Waals surface area contributed by atoms with E-state index in [-0.39, 0.29) is 12.4 Å². The second-order valence-corrected chi connectivity index (χ2v) is 4.67. The molecule has 2 aromatic rings. The summed E-state index contributed by atoms with van der Waals surface area (Å²) in [4.78, 5) is 4.43. The van der Waals surface area contributed by atoms with Crippen LogP contribution in [0.1, 0.15) is 18.4 Å². The first-order chi connectivity index (χ1) is 8.81. The first-order valence-corrected chi connectivity index (χ1v) is 6.26. The van der Waals surface area contributed by atoms with E-state index in [4.69, 9.17) is 0 Å². The van der Waals surface area contributed by atoms with Crippen LogP contribution in [0.15, 0.2) is 42.1 Å². The van der Waals surface area contributed by atoms with E-state index in [1.807, 2.05) is 24.4 Å². The van der Waals surface area contributed by atoms with E-state index in [0.717, 1.165) is 34.4 Å². The number of fused-ring (bicyclic) bond motifs is 1. The van der Waals surface area contributed by atoms with Crippen LogP contribution in [0.5, 0.6) is 0 Å². The molecule has 0 saturated carbocycles. The number of para-hydroxylation sites is 1.